The van der Waals surface area contributed by atoms with Gasteiger partial charge in [-0.2, -0.15) is 0 Å². The van der Waals surface area contributed by atoms with E-state index in [4.69, 9.17) is 14.5 Å². The van der Waals surface area contributed by atoms with Gasteiger partial charge in [-0.05, 0) is 43.0 Å². The number of nitrogens with zero attached hydrogens (tertiary/aromatic N) is 3. The SMILES string of the molecule is CCO[C@@]12O[C@@]3(N=C1c1ccc([N+](=O)[O-])cc1)[C@H](C(=O)N(C1CCCCC1)[C@@H]3c1ccccc1)[C@H]2c1ccccc1. The second kappa shape index (κ2) is 9.89. The molecule has 5 atom stereocenters. The monoisotopic (exact) mass is 551 g/mol. The van der Waals surface area contributed by atoms with E-state index in [1.54, 1.807) is 12.1 Å². The molecule has 0 unspecified atom stereocenters. The zero-order valence-corrected chi connectivity index (χ0v) is 23.0. The van der Waals surface area contributed by atoms with Gasteiger partial charge in [0.2, 0.25) is 11.7 Å². The Morgan fingerprint density at radius 1 is 0.927 bits per heavy atom. The van der Waals surface area contributed by atoms with Crippen LogP contribution in [0.2, 0.25) is 0 Å². The zero-order valence-electron chi connectivity index (χ0n) is 23.0. The molecule has 4 aliphatic rings. The lowest BCUT2D eigenvalue weighted by Crippen LogP contribution is -2.49. The lowest BCUT2D eigenvalue weighted by atomic mass is 9.72. The molecule has 3 fully saturated rings. The van der Waals surface area contributed by atoms with Crippen LogP contribution in [-0.2, 0) is 14.3 Å². The van der Waals surface area contributed by atoms with Gasteiger partial charge in [0.15, 0.2) is 5.72 Å². The fourth-order valence-electron chi connectivity index (χ4n) is 7.73. The molecule has 0 radical (unpaired) electrons. The van der Waals surface area contributed by atoms with Gasteiger partial charge in [0.05, 0.1) is 10.8 Å². The van der Waals surface area contributed by atoms with Crippen LogP contribution < -0.4 is 0 Å². The molecule has 8 heteroatoms. The maximum Gasteiger partial charge on any atom is 0.269 e. The van der Waals surface area contributed by atoms with E-state index in [1.165, 1.54) is 18.6 Å². The molecule has 0 aromatic heterocycles. The van der Waals surface area contributed by atoms with Crippen LogP contribution in [-0.4, -0.2) is 45.6 Å². The number of rotatable bonds is 7. The molecule has 8 nitrogen and oxygen atoms in total. The summed E-state index contributed by atoms with van der Waals surface area (Å²) in [5, 5.41) is 11.4. The van der Waals surface area contributed by atoms with Crippen LogP contribution in [0.1, 0.15) is 67.7 Å². The van der Waals surface area contributed by atoms with Crippen molar-refractivity contribution in [3.63, 3.8) is 0 Å². The zero-order chi connectivity index (χ0) is 28.2. The van der Waals surface area contributed by atoms with Crippen molar-refractivity contribution in [3.8, 4) is 0 Å². The number of carbonyl (C=O) groups is 1. The molecule has 3 heterocycles. The standard InChI is InChI=1S/C33H33N3O5/c1-2-40-33-27(22-12-6-3-7-13-22)28-31(37)35(25-16-10-5-11-17-25)30(24-14-8-4-9-15-24)32(28,41-33)34-29(33)23-18-20-26(21-19-23)36(38)39/h3-4,6-9,12-15,18-21,25,27-28,30H,2,5,10-11,16-17H2,1H3/t27-,28+,30-,32+,33+/m1/s1. The molecule has 2 saturated heterocycles. The molecule has 210 valence electrons. The Morgan fingerprint density at radius 3 is 2.17 bits per heavy atom. The first-order valence-corrected chi connectivity index (χ1v) is 14.6. The van der Waals surface area contributed by atoms with Crippen LogP contribution in [0.4, 0.5) is 5.69 Å². The molecule has 1 aliphatic carbocycles. The Bertz CT molecular complexity index is 1490. The van der Waals surface area contributed by atoms with Crippen LogP contribution in [0, 0.1) is 16.0 Å². The molecular formula is C33H33N3O5. The lowest BCUT2D eigenvalue weighted by molar-refractivity contribution is -0.384. The minimum Gasteiger partial charge on any atom is -0.344 e. The fraction of sp³-hybridized carbons (Fsp3) is 0.394. The third-order valence-corrected chi connectivity index (χ3v) is 9.26. The average molecular weight is 552 g/mol. The van der Waals surface area contributed by atoms with Crippen LogP contribution in [0.15, 0.2) is 89.9 Å². The van der Waals surface area contributed by atoms with Crippen LogP contribution in [0.3, 0.4) is 0 Å². The van der Waals surface area contributed by atoms with Gasteiger partial charge in [-0.1, -0.05) is 79.9 Å². The van der Waals surface area contributed by atoms with Crippen molar-refractivity contribution in [3.05, 3.63) is 112 Å². The number of hydrogen-bond donors (Lipinski definition) is 0. The predicted octanol–water partition coefficient (Wildman–Crippen LogP) is 6.17. The van der Waals surface area contributed by atoms with Gasteiger partial charge in [0.1, 0.15) is 17.7 Å². The summed E-state index contributed by atoms with van der Waals surface area (Å²) in [6.45, 7) is 2.26. The number of likely N-dealkylation sites (tertiary alicyclic amines) is 1. The van der Waals surface area contributed by atoms with Gasteiger partial charge >= 0.3 is 0 Å². The van der Waals surface area contributed by atoms with E-state index in [1.807, 2.05) is 55.5 Å². The lowest BCUT2D eigenvalue weighted by Gasteiger charge is -2.40. The normalized spacial score (nSPS) is 30.9. The molecule has 3 aromatic rings. The number of amides is 1. The quantitative estimate of drug-likeness (QED) is 0.258. The number of aliphatic imine (C=N–C) groups is 1. The molecule has 7 rings (SSSR count). The first-order valence-electron chi connectivity index (χ1n) is 14.6. The Balaban J connectivity index is 1.47. The van der Waals surface area contributed by atoms with E-state index >= 15 is 0 Å². The van der Waals surface area contributed by atoms with Crippen molar-refractivity contribution in [2.45, 2.75) is 68.5 Å². The van der Waals surface area contributed by atoms with E-state index in [0.29, 0.717) is 17.9 Å². The highest BCUT2D eigenvalue weighted by atomic mass is 16.7. The third kappa shape index (κ3) is 3.81. The van der Waals surface area contributed by atoms with Crippen LogP contribution in [0.25, 0.3) is 0 Å². The second-order valence-corrected chi connectivity index (χ2v) is 11.4. The Hall–Kier alpha value is -3.88. The van der Waals surface area contributed by atoms with E-state index < -0.39 is 34.3 Å². The molecular weight excluding hydrogens is 518 g/mol. The van der Waals surface area contributed by atoms with Gasteiger partial charge in [0.25, 0.3) is 5.69 Å². The predicted molar refractivity (Wildman–Crippen MR) is 153 cm³/mol. The molecule has 1 amide bonds. The van der Waals surface area contributed by atoms with E-state index in [0.717, 1.165) is 36.8 Å². The number of ether oxygens (including phenoxy) is 2. The van der Waals surface area contributed by atoms with Crippen molar-refractivity contribution < 1.29 is 19.2 Å². The number of nitro groups is 1. The van der Waals surface area contributed by atoms with Crippen molar-refractivity contribution in [2.24, 2.45) is 10.9 Å². The summed E-state index contributed by atoms with van der Waals surface area (Å²) in [5.74, 6) is -2.28. The van der Waals surface area contributed by atoms with Crippen molar-refractivity contribution in [1.29, 1.82) is 0 Å². The van der Waals surface area contributed by atoms with Crippen molar-refractivity contribution in [2.75, 3.05) is 6.61 Å². The third-order valence-electron chi connectivity index (χ3n) is 9.26. The van der Waals surface area contributed by atoms with Crippen molar-refractivity contribution >= 4 is 17.3 Å². The van der Waals surface area contributed by atoms with Gasteiger partial charge in [-0.15, -0.1) is 0 Å². The highest BCUT2D eigenvalue weighted by Crippen LogP contribution is 2.68. The minimum absolute atomic E-state index is 0.00112. The van der Waals surface area contributed by atoms with Gasteiger partial charge in [-0.25, -0.2) is 4.99 Å². The Kier molecular flexibility index (Phi) is 6.28. The first-order chi connectivity index (χ1) is 20.0. The number of carbonyl (C=O) groups excluding carboxylic acids is 1. The fourth-order valence-corrected chi connectivity index (χ4v) is 7.73. The van der Waals surface area contributed by atoms with Gasteiger partial charge < -0.3 is 14.4 Å². The number of hydrogen-bond acceptors (Lipinski definition) is 6. The van der Waals surface area contributed by atoms with Crippen LogP contribution in [0.5, 0.6) is 0 Å². The highest BCUT2D eigenvalue weighted by Gasteiger charge is 2.79. The van der Waals surface area contributed by atoms with Crippen molar-refractivity contribution in [1.82, 2.24) is 4.90 Å². The molecule has 3 aromatic carbocycles. The number of non-ortho nitro benzene ring substituents is 1. The Labute approximate surface area is 239 Å². The molecule has 41 heavy (non-hydrogen) atoms. The number of fused-ring (bicyclic) bond motifs is 1. The van der Waals surface area contributed by atoms with Crippen LogP contribution >= 0.6 is 0 Å². The van der Waals surface area contributed by atoms with E-state index in [9.17, 15) is 14.9 Å². The summed E-state index contributed by atoms with van der Waals surface area (Å²) in [7, 11) is 0. The largest absolute Gasteiger partial charge is 0.344 e. The molecule has 1 saturated carbocycles. The molecule has 3 aliphatic heterocycles. The first kappa shape index (κ1) is 26.0. The summed E-state index contributed by atoms with van der Waals surface area (Å²) in [6.07, 6.45) is 5.29. The maximum absolute atomic E-state index is 14.8. The summed E-state index contributed by atoms with van der Waals surface area (Å²) in [6, 6.07) is 26.2. The topological polar surface area (TPSA) is 94.3 Å². The summed E-state index contributed by atoms with van der Waals surface area (Å²) >= 11 is 0. The summed E-state index contributed by atoms with van der Waals surface area (Å²) in [5.41, 5.74) is 2.01. The average Bonchev–Trinajstić information content (AvgIpc) is 3.58. The molecule has 1 spiro atoms. The highest BCUT2D eigenvalue weighted by molar-refractivity contribution is 6.10. The van der Waals surface area contributed by atoms with Gasteiger partial charge in [-0.3, -0.25) is 14.9 Å². The summed E-state index contributed by atoms with van der Waals surface area (Å²) < 4.78 is 13.7. The second-order valence-electron chi connectivity index (χ2n) is 11.4. The smallest absolute Gasteiger partial charge is 0.269 e. The van der Waals surface area contributed by atoms with E-state index in [2.05, 4.69) is 17.0 Å². The number of benzene rings is 3. The molecule has 2 bridgehead atoms. The summed E-state index contributed by atoms with van der Waals surface area (Å²) in [4.78, 5) is 33.2. The number of nitro benzene ring substituents is 1. The molecule has 0 N–H and O–H groups in total. The minimum atomic E-state index is -1.32. The maximum atomic E-state index is 14.8. The van der Waals surface area contributed by atoms with E-state index in [-0.39, 0.29) is 17.6 Å². The van der Waals surface area contributed by atoms with Gasteiger partial charge in [0, 0.05) is 30.3 Å². The Morgan fingerprint density at radius 2 is 1.56 bits per heavy atom.